The minimum Gasteiger partial charge on any atom is -0.355 e. The molecule has 3 aromatic rings. The molecular weight excluding hydrogens is 446 g/mol. The molecule has 0 unspecified atom stereocenters. The molecule has 1 heterocycles. The predicted octanol–water partition coefficient (Wildman–Crippen LogP) is 2.08. The fourth-order valence-corrected chi connectivity index (χ4v) is 3.63. The summed E-state index contributed by atoms with van der Waals surface area (Å²) in [5.74, 6) is -1.17. The third-order valence-electron chi connectivity index (χ3n) is 5.15. The van der Waals surface area contributed by atoms with Crippen LogP contribution in [0.2, 0.25) is 0 Å². The number of benzene rings is 2. The van der Waals surface area contributed by atoms with E-state index in [1.165, 1.54) is 13.8 Å². The molecule has 0 saturated carbocycles. The van der Waals surface area contributed by atoms with E-state index in [9.17, 15) is 19.2 Å². The van der Waals surface area contributed by atoms with Crippen LogP contribution in [0.25, 0.3) is 22.3 Å². The highest BCUT2D eigenvalue weighted by Crippen LogP contribution is 2.38. The number of H-pyrrole nitrogens is 1. The summed E-state index contributed by atoms with van der Waals surface area (Å²) in [6.07, 6.45) is 0. The third kappa shape index (κ3) is 6.80. The van der Waals surface area contributed by atoms with Crippen LogP contribution >= 0.6 is 0 Å². The van der Waals surface area contributed by atoms with Crippen LogP contribution in [0.15, 0.2) is 60.7 Å². The minimum atomic E-state index is -0.399. The van der Waals surface area contributed by atoms with Gasteiger partial charge in [-0.05, 0) is 11.1 Å². The summed E-state index contributed by atoms with van der Waals surface area (Å²) in [6, 6.07) is 18.7. The lowest BCUT2D eigenvalue weighted by Crippen LogP contribution is -2.34. The first-order valence-corrected chi connectivity index (χ1v) is 11.3. The second-order valence-corrected chi connectivity index (χ2v) is 7.83. The molecule has 35 heavy (non-hydrogen) atoms. The van der Waals surface area contributed by atoms with Crippen molar-refractivity contribution in [1.29, 1.82) is 0 Å². The average Bonchev–Trinajstić information content (AvgIpc) is 3.26. The second kappa shape index (κ2) is 12.2. The molecule has 0 spiro atoms. The van der Waals surface area contributed by atoms with E-state index in [2.05, 4.69) is 26.3 Å². The van der Waals surface area contributed by atoms with Gasteiger partial charge in [0.1, 0.15) is 11.4 Å². The van der Waals surface area contributed by atoms with Crippen molar-refractivity contribution in [3.05, 3.63) is 72.1 Å². The van der Waals surface area contributed by atoms with Gasteiger partial charge in [0.15, 0.2) is 0 Å². The van der Waals surface area contributed by atoms with Crippen LogP contribution in [0.4, 0.5) is 0 Å². The number of carbonyl (C=O) groups excluding carboxylic acids is 4. The Morgan fingerprint density at radius 1 is 0.571 bits per heavy atom. The second-order valence-electron chi connectivity index (χ2n) is 7.83. The van der Waals surface area contributed by atoms with Crippen LogP contribution in [0.1, 0.15) is 34.8 Å². The van der Waals surface area contributed by atoms with E-state index in [1.54, 1.807) is 0 Å². The fraction of sp³-hybridized carbons (Fsp3) is 0.231. The summed E-state index contributed by atoms with van der Waals surface area (Å²) >= 11 is 0. The molecule has 0 radical (unpaired) electrons. The Kier molecular flexibility index (Phi) is 8.77. The van der Waals surface area contributed by atoms with Crippen molar-refractivity contribution < 1.29 is 19.2 Å². The summed E-state index contributed by atoms with van der Waals surface area (Å²) in [5.41, 5.74) is 3.22. The number of rotatable bonds is 10. The highest BCUT2D eigenvalue weighted by molar-refractivity contribution is 6.11. The molecule has 182 valence electrons. The molecule has 0 aliphatic rings. The molecule has 9 heteroatoms. The van der Waals surface area contributed by atoms with Crippen molar-refractivity contribution in [1.82, 2.24) is 26.3 Å². The molecule has 4 amide bonds. The van der Waals surface area contributed by atoms with Crippen LogP contribution in [0.3, 0.4) is 0 Å². The van der Waals surface area contributed by atoms with Crippen LogP contribution in [-0.2, 0) is 9.59 Å². The Morgan fingerprint density at radius 2 is 0.914 bits per heavy atom. The lowest BCUT2D eigenvalue weighted by molar-refractivity contribution is -0.119. The van der Waals surface area contributed by atoms with E-state index in [0.29, 0.717) is 11.1 Å². The zero-order valence-electron chi connectivity index (χ0n) is 19.7. The maximum Gasteiger partial charge on any atom is 0.268 e. The molecule has 0 aliphatic heterocycles. The zero-order valence-corrected chi connectivity index (χ0v) is 19.7. The van der Waals surface area contributed by atoms with E-state index in [-0.39, 0.29) is 49.4 Å². The lowest BCUT2D eigenvalue weighted by atomic mass is 9.94. The van der Waals surface area contributed by atoms with Crippen LogP contribution < -0.4 is 21.3 Å². The molecule has 1 aromatic heterocycles. The summed E-state index contributed by atoms with van der Waals surface area (Å²) in [5, 5.41) is 10.9. The highest BCUT2D eigenvalue weighted by atomic mass is 16.2. The van der Waals surface area contributed by atoms with Crippen LogP contribution in [0.5, 0.6) is 0 Å². The van der Waals surface area contributed by atoms with Crippen molar-refractivity contribution in [3.63, 3.8) is 0 Å². The third-order valence-corrected chi connectivity index (χ3v) is 5.15. The van der Waals surface area contributed by atoms with Gasteiger partial charge in [-0.1, -0.05) is 60.7 Å². The van der Waals surface area contributed by atoms with E-state index < -0.39 is 11.8 Å². The molecule has 3 rings (SSSR count). The van der Waals surface area contributed by atoms with Gasteiger partial charge in [-0.25, -0.2) is 0 Å². The number of hydrogen-bond acceptors (Lipinski definition) is 4. The smallest absolute Gasteiger partial charge is 0.268 e. The summed E-state index contributed by atoms with van der Waals surface area (Å²) in [7, 11) is 0. The van der Waals surface area contributed by atoms with E-state index >= 15 is 0 Å². The van der Waals surface area contributed by atoms with Crippen molar-refractivity contribution in [2.75, 3.05) is 26.2 Å². The molecule has 5 N–H and O–H groups in total. The number of nitrogens with one attached hydrogen (secondary N) is 5. The number of carbonyl (C=O) groups is 4. The fourth-order valence-electron chi connectivity index (χ4n) is 3.63. The van der Waals surface area contributed by atoms with Crippen molar-refractivity contribution in [2.45, 2.75) is 13.8 Å². The molecule has 9 nitrogen and oxygen atoms in total. The Morgan fingerprint density at radius 3 is 1.26 bits per heavy atom. The van der Waals surface area contributed by atoms with Crippen LogP contribution in [-0.4, -0.2) is 54.8 Å². The Hall–Kier alpha value is -4.40. The highest BCUT2D eigenvalue weighted by Gasteiger charge is 2.27. The summed E-state index contributed by atoms with van der Waals surface area (Å²) in [6.45, 7) is 3.83. The average molecular weight is 476 g/mol. The van der Waals surface area contributed by atoms with Gasteiger partial charge in [0.25, 0.3) is 11.8 Å². The topological polar surface area (TPSA) is 132 Å². The monoisotopic (exact) mass is 475 g/mol. The molecule has 0 atom stereocenters. The van der Waals surface area contributed by atoms with Crippen LogP contribution in [0, 0.1) is 0 Å². The Balaban J connectivity index is 2.03. The minimum absolute atomic E-state index is 0.186. The first-order chi connectivity index (χ1) is 16.9. The van der Waals surface area contributed by atoms with Gasteiger partial charge in [-0.2, -0.15) is 0 Å². The molecule has 0 fully saturated rings. The SMILES string of the molecule is CC(=O)NCCNC(=O)c1[nH]c(C(=O)NCCNC(C)=O)c(-c2ccccc2)c1-c1ccccc1. The van der Waals surface area contributed by atoms with Gasteiger partial charge in [-0.3, -0.25) is 19.2 Å². The number of hydrogen-bond donors (Lipinski definition) is 5. The maximum absolute atomic E-state index is 13.2. The number of aromatic nitrogens is 1. The lowest BCUT2D eigenvalue weighted by Gasteiger charge is -2.10. The van der Waals surface area contributed by atoms with Gasteiger partial charge in [0.2, 0.25) is 11.8 Å². The first kappa shape index (κ1) is 25.2. The van der Waals surface area contributed by atoms with Crippen molar-refractivity contribution in [2.24, 2.45) is 0 Å². The van der Waals surface area contributed by atoms with E-state index in [4.69, 9.17) is 0 Å². The largest absolute Gasteiger partial charge is 0.355 e. The molecule has 0 bridgehead atoms. The van der Waals surface area contributed by atoms with Gasteiger partial charge < -0.3 is 26.3 Å². The molecule has 0 saturated heterocycles. The van der Waals surface area contributed by atoms with Crippen molar-refractivity contribution in [3.8, 4) is 22.3 Å². The number of amides is 4. The van der Waals surface area contributed by atoms with E-state index in [0.717, 1.165) is 11.1 Å². The molecule has 0 aliphatic carbocycles. The summed E-state index contributed by atoms with van der Waals surface area (Å²) < 4.78 is 0. The van der Waals surface area contributed by atoms with Crippen molar-refractivity contribution >= 4 is 23.6 Å². The van der Waals surface area contributed by atoms with Gasteiger partial charge >= 0.3 is 0 Å². The van der Waals surface area contributed by atoms with Gasteiger partial charge in [0, 0.05) is 51.2 Å². The Labute approximate surface area is 203 Å². The zero-order chi connectivity index (χ0) is 25.2. The normalized spacial score (nSPS) is 10.3. The Bertz CT molecular complexity index is 1100. The van der Waals surface area contributed by atoms with E-state index in [1.807, 2.05) is 60.7 Å². The molecule has 2 aromatic carbocycles. The maximum atomic E-state index is 13.2. The van der Waals surface area contributed by atoms with Gasteiger partial charge in [-0.15, -0.1) is 0 Å². The standard InChI is InChI=1S/C26H29N5O4/c1-17(32)27-13-15-29-25(34)23-21(19-9-5-3-6-10-19)22(20-11-7-4-8-12-20)24(31-23)26(35)30-16-14-28-18(2)33/h3-12,31H,13-16H2,1-2H3,(H,27,32)(H,28,33)(H,29,34)(H,30,35). The van der Waals surface area contributed by atoms with Gasteiger partial charge in [0.05, 0.1) is 0 Å². The summed E-state index contributed by atoms with van der Waals surface area (Å²) in [4.78, 5) is 51.7. The quantitative estimate of drug-likeness (QED) is 0.287. The first-order valence-electron chi connectivity index (χ1n) is 11.3. The molecular formula is C26H29N5O4. The number of aromatic amines is 1. The predicted molar refractivity (Wildman–Crippen MR) is 134 cm³/mol.